The standard InChI is InChI=1S/C19H14FN5O2/c1-12-16(19(27)25(24-12)14-5-3-2-4-6-14)11-22-23-18(26)15-8-7-13(10-21)9-17(15)20/h2-9,11,16H,1H3,(H,23,26)/b22-11+. The summed E-state index contributed by atoms with van der Waals surface area (Å²) in [7, 11) is 0. The Morgan fingerprint density at radius 2 is 2.07 bits per heavy atom. The molecule has 0 aliphatic carbocycles. The van der Waals surface area contributed by atoms with Gasteiger partial charge in [0.15, 0.2) is 0 Å². The summed E-state index contributed by atoms with van der Waals surface area (Å²) in [5, 5.41) is 18.0. The van der Waals surface area contributed by atoms with Crippen molar-refractivity contribution in [2.24, 2.45) is 16.1 Å². The Bertz CT molecular complexity index is 995. The zero-order valence-corrected chi connectivity index (χ0v) is 14.3. The molecule has 7 nitrogen and oxygen atoms in total. The van der Waals surface area contributed by atoms with Crippen LogP contribution in [-0.4, -0.2) is 23.7 Å². The molecule has 8 heteroatoms. The third-order valence-corrected chi connectivity index (χ3v) is 3.92. The summed E-state index contributed by atoms with van der Waals surface area (Å²) < 4.78 is 13.8. The van der Waals surface area contributed by atoms with Gasteiger partial charge in [-0.05, 0) is 37.3 Å². The predicted octanol–water partition coefficient (Wildman–Crippen LogP) is 2.45. The lowest BCUT2D eigenvalue weighted by Gasteiger charge is -2.12. The molecule has 0 fully saturated rings. The number of halogens is 1. The van der Waals surface area contributed by atoms with Crippen LogP contribution in [0.3, 0.4) is 0 Å². The number of nitriles is 1. The number of amides is 2. The molecule has 0 saturated carbocycles. The van der Waals surface area contributed by atoms with E-state index < -0.39 is 17.6 Å². The predicted molar refractivity (Wildman–Crippen MR) is 97.6 cm³/mol. The van der Waals surface area contributed by atoms with Crippen molar-refractivity contribution >= 4 is 29.4 Å². The topological polar surface area (TPSA) is 97.9 Å². The Balaban J connectivity index is 1.68. The Labute approximate surface area is 154 Å². The fourth-order valence-corrected chi connectivity index (χ4v) is 2.50. The highest BCUT2D eigenvalue weighted by Gasteiger charge is 2.33. The van der Waals surface area contributed by atoms with Gasteiger partial charge in [-0.25, -0.2) is 9.82 Å². The van der Waals surface area contributed by atoms with Crippen LogP contribution in [0.25, 0.3) is 0 Å². The maximum atomic E-state index is 13.8. The molecule has 1 heterocycles. The number of rotatable bonds is 4. The third kappa shape index (κ3) is 3.72. The van der Waals surface area contributed by atoms with Gasteiger partial charge in [0.05, 0.1) is 28.6 Å². The molecule has 0 spiro atoms. The average Bonchev–Trinajstić information content (AvgIpc) is 2.96. The molecule has 134 valence electrons. The van der Waals surface area contributed by atoms with Gasteiger partial charge in [0.25, 0.3) is 11.8 Å². The Morgan fingerprint density at radius 1 is 1.33 bits per heavy atom. The maximum Gasteiger partial charge on any atom is 0.274 e. The zero-order valence-electron chi connectivity index (χ0n) is 14.3. The number of nitrogens with zero attached hydrogens (tertiary/aromatic N) is 4. The van der Waals surface area contributed by atoms with Crippen LogP contribution in [0.5, 0.6) is 0 Å². The van der Waals surface area contributed by atoms with Crippen molar-refractivity contribution in [2.75, 3.05) is 5.01 Å². The van der Waals surface area contributed by atoms with Crippen LogP contribution in [0.1, 0.15) is 22.8 Å². The fraction of sp³-hybridized carbons (Fsp3) is 0.105. The zero-order chi connectivity index (χ0) is 19.4. The van der Waals surface area contributed by atoms with E-state index in [9.17, 15) is 14.0 Å². The van der Waals surface area contributed by atoms with Crippen molar-refractivity contribution in [3.05, 3.63) is 65.5 Å². The molecule has 0 aromatic heterocycles. The lowest BCUT2D eigenvalue weighted by molar-refractivity contribution is -0.118. The smallest absolute Gasteiger partial charge is 0.271 e. The lowest BCUT2D eigenvalue weighted by Crippen LogP contribution is -2.29. The monoisotopic (exact) mass is 363 g/mol. The van der Waals surface area contributed by atoms with Gasteiger partial charge in [-0.2, -0.15) is 20.5 Å². The molecule has 1 unspecified atom stereocenters. The largest absolute Gasteiger partial charge is 0.274 e. The van der Waals surface area contributed by atoms with Crippen LogP contribution >= 0.6 is 0 Å². The minimum absolute atomic E-state index is 0.108. The highest BCUT2D eigenvalue weighted by Crippen LogP contribution is 2.22. The van der Waals surface area contributed by atoms with Crippen LogP contribution in [-0.2, 0) is 4.79 Å². The minimum Gasteiger partial charge on any atom is -0.271 e. The van der Waals surface area contributed by atoms with E-state index in [2.05, 4.69) is 15.6 Å². The molecule has 1 atom stereocenters. The fourth-order valence-electron chi connectivity index (χ4n) is 2.50. The van der Waals surface area contributed by atoms with Crippen molar-refractivity contribution in [3.8, 4) is 6.07 Å². The van der Waals surface area contributed by atoms with Gasteiger partial charge < -0.3 is 0 Å². The van der Waals surface area contributed by atoms with Gasteiger partial charge in [0.1, 0.15) is 11.7 Å². The second-order valence-electron chi connectivity index (χ2n) is 5.73. The summed E-state index contributed by atoms with van der Waals surface area (Å²) in [5.74, 6) is -2.64. The van der Waals surface area contributed by atoms with Crippen LogP contribution in [0.2, 0.25) is 0 Å². The first-order chi connectivity index (χ1) is 13.0. The minimum atomic E-state index is -0.827. The van der Waals surface area contributed by atoms with E-state index in [1.165, 1.54) is 23.4 Å². The van der Waals surface area contributed by atoms with E-state index >= 15 is 0 Å². The number of hydrogen-bond acceptors (Lipinski definition) is 5. The van der Waals surface area contributed by atoms with E-state index in [4.69, 9.17) is 5.26 Å². The first-order valence-electron chi connectivity index (χ1n) is 7.98. The normalized spacial score (nSPS) is 16.3. The molecule has 2 aromatic carbocycles. The summed E-state index contributed by atoms with van der Waals surface area (Å²) in [4.78, 5) is 24.5. The number of anilines is 1. The average molecular weight is 363 g/mol. The van der Waals surface area contributed by atoms with Gasteiger partial charge >= 0.3 is 0 Å². The molecule has 27 heavy (non-hydrogen) atoms. The molecular formula is C19H14FN5O2. The molecule has 2 amide bonds. The number of hydrazone groups is 2. The quantitative estimate of drug-likeness (QED) is 0.667. The molecule has 1 N–H and O–H groups in total. The Hall–Kier alpha value is -3.86. The van der Waals surface area contributed by atoms with E-state index in [0.717, 1.165) is 6.07 Å². The molecule has 0 bridgehead atoms. The van der Waals surface area contributed by atoms with Crippen molar-refractivity contribution in [1.29, 1.82) is 5.26 Å². The highest BCUT2D eigenvalue weighted by atomic mass is 19.1. The number of nitrogens with one attached hydrogen (secondary N) is 1. The van der Waals surface area contributed by atoms with Crippen molar-refractivity contribution in [1.82, 2.24) is 5.43 Å². The lowest BCUT2D eigenvalue weighted by atomic mass is 10.1. The van der Waals surface area contributed by atoms with Crippen LogP contribution in [0.4, 0.5) is 10.1 Å². The van der Waals surface area contributed by atoms with Crippen molar-refractivity contribution in [3.63, 3.8) is 0 Å². The molecule has 3 rings (SSSR count). The van der Waals surface area contributed by atoms with Gasteiger partial charge in [-0.3, -0.25) is 9.59 Å². The number of carbonyl (C=O) groups excluding carboxylic acids is 2. The number of benzene rings is 2. The Kier molecular flexibility index (Phi) is 5.04. The first kappa shape index (κ1) is 17.9. The second-order valence-corrected chi connectivity index (χ2v) is 5.73. The second kappa shape index (κ2) is 7.58. The number of carbonyl (C=O) groups is 2. The molecule has 0 saturated heterocycles. The highest BCUT2D eigenvalue weighted by molar-refractivity contribution is 6.23. The maximum absolute atomic E-state index is 13.8. The van der Waals surface area contributed by atoms with Crippen molar-refractivity contribution in [2.45, 2.75) is 6.92 Å². The van der Waals surface area contributed by atoms with Gasteiger partial charge in [-0.1, -0.05) is 18.2 Å². The number of hydrogen-bond donors (Lipinski definition) is 1. The van der Waals surface area contributed by atoms with E-state index in [-0.39, 0.29) is 17.0 Å². The molecule has 1 aliphatic heterocycles. The van der Waals surface area contributed by atoms with E-state index in [1.54, 1.807) is 37.3 Å². The van der Waals surface area contributed by atoms with Gasteiger partial charge in [0, 0.05) is 6.21 Å². The molecular weight excluding hydrogens is 349 g/mol. The van der Waals surface area contributed by atoms with Gasteiger partial charge in [0.2, 0.25) is 0 Å². The summed E-state index contributed by atoms with van der Waals surface area (Å²) >= 11 is 0. The first-order valence-corrected chi connectivity index (χ1v) is 7.98. The Morgan fingerprint density at radius 3 is 2.74 bits per heavy atom. The molecule has 2 aromatic rings. The summed E-state index contributed by atoms with van der Waals surface area (Å²) in [6.07, 6.45) is 1.25. The summed E-state index contributed by atoms with van der Waals surface area (Å²) in [5.41, 5.74) is 3.19. The van der Waals surface area contributed by atoms with E-state index in [1.807, 2.05) is 6.07 Å². The molecule has 0 radical (unpaired) electrons. The number of para-hydroxylation sites is 1. The van der Waals surface area contributed by atoms with Crippen molar-refractivity contribution < 1.29 is 14.0 Å². The van der Waals surface area contributed by atoms with Crippen LogP contribution in [0.15, 0.2) is 58.7 Å². The van der Waals surface area contributed by atoms with Crippen LogP contribution in [0, 0.1) is 23.1 Å². The third-order valence-electron chi connectivity index (χ3n) is 3.92. The van der Waals surface area contributed by atoms with Gasteiger partial charge in [-0.15, -0.1) is 0 Å². The SMILES string of the molecule is CC1=NN(c2ccccc2)C(=O)C1/C=N/NC(=O)c1ccc(C#N)cc1F. The molecule has 1 aliphatic rings. The van der Waals surface area contributed by atoms with Crippen LogP contribution < -0.4 is 10.4 Å². The summed E-state index contributed by atoms with van der Waals surface area (Å²) in [6, 6.07) is 14.2. The summed E-state index contributed by atoms with van der Waals surface area (Å²) in [6.45, 7) is 1.68. The van der Waals surface area contributed by atoms with E-state index in [0.29, 0.717) is 11.4 Å².